The van der Waals surface area contributed by atoms with Crippen molar-refractivity contribution in [1.82, 2.24) is 9.97 Å². The van der Waals surface area contributed by atoms with Crippen LogP contribution in [0.15, 0.2) is 85.1 Å². The van der Waals surface area contributed by atoms with E-state index in [2.05, 4.69) is 9.97 Å². The van der Waals surface area contributed by atoms with Crippen molar-refractivity contribution >= 4 is 38.3 Å². The van der Waals surface area contributed by atoms with Gasteiger partial charge >= 0.3 is 5.97 Å². The first-order valence-corrected chi connectivity index (χ1v) is 9.61. The quantitative estimate of drug-likeness (QED) is 0.295. The van der Waals surface area contributed by atoms with E-state index in [9.17, 15) is 4.79 Å². The summed E-state index contributed by atoms with van der Waals surface area (Å²) >= 11 is 1.51. The van der Waals surface area contributed by atoms with Crippen LogP contribution in [0.4, 0.5) is 0 Å². The Bertz CT molecular complexity index is 1290. The van der Waals surface area contributed by atoms with E-state index in [0.717, 1.165) is 21.0 Å². The Morgan fingerprint density at radius 3 is 2.57 bits per heavy atom. The van der Waals surface area contributed by atoms with Crippen LogP contribution in [0, 0.1) is 0 Å². The number of para-hydroxylation sites is 1. The molecule has 2 aromatic heterocycles. The second-order valence-corrected chi connectivity index (χ2v) is 7.32. The van der Waals surface area contributed by atoms with Crippen molar-refractivity contribution < 1.29 is 9.53 Å². The van der Waals surface area contributed by atoms with Gasteiger partial charge in [-0.05, 0) is 47.2 Å². The standard InChI is InChI=1S/C23H14N2O2S/c26-23(27-17-12-11-15-6-1-2-7-16(15)14-17)18-8-5-13-24-21(18)22-25-19-9-3-4-10-20(19)28-22/h1-14H. The predicted octanol–water partition coefficient (Wildman–Crippen LogP) is 5.73. The minimum atomic E-state index is -0.447. The van der Waals surface area contributed by atoms with Crippen LogP contribution in [-0.4, -0.2) is 15.9 Å². The third kappa shape index (κ3) is 3.02. The van der Waals surface area contributed by atoms with E-state index in [1.165, 1.54) is 11.3 Å². The first-order valence-electron chi connectivity index (χ1n) is 8.80. The van der Waals surface area contributed by atoms with Crippen LogP contribution in [0.5, 0.6) is 5.75 Å². The zero-order chi connectivity index (χ0) is 18.9. The van der Waals surface area contributed by atoms with Crippen molar-refractivity contribution in [2.24, 2.45) is 0 Å². The summed E-state index contributed by atoms with van der Waals surface area (Å²) in [7, 11) is 0. The van der Waals surface area contributed by atoms with Gasteiger partial charge in [-0.3, -0.25) is 4.98 Å². The van der Waals surface area contributed by atoms with Gasteiger partial charge in [0.15, 0.2) is 0 Å². The van der Waals surface area contributed by atoms with Gasteiger partial charge in [-0.2, -0.15) is 0 Å². The van der Waals surface area contributed by atoms with Crippen LogP contribution >= 0.6 is 11.3 Å². The lowest BCUT2D eigenvalue weighted by Crippen LogP contribution is -2.10. The van der Waals surface area contributed by atoms with E-state index in [-0.39, 0.29) is 0 Å². The van der Waals surface area contributed by atoms with E-state index in [0.29, 0.717) is 22.0 Å². The molecule has 28 heavy (non-hydrogen) atoms. The zero-order valence-corrected chi connectivity index (χ0v) is 15.5. The molecule has 0 saturated carbocycles. The fourth-order valence-corrected chi connectivity index (χ4v) is 4.08. The maximum atomic E-state index is 12.9. The van der Waals surface area contributed by atoms with Gasteiger partial charge in [0.25, 0.3) is 0 Å². The normalized spacial score (nSPS) is 11.0. The summed E-state index contributed by atoms with van der Waals surface area (Å²) in [5.41, 5.74) is 1.83. The highest BCUT2D eigenvalue weighted by Gasteiger charge is 2.19. The molecule has 0 aliphatic carbocycles. The van der Waals surface area contributed by atoms with E-state index in [1.807, 2.05) is 60.7 Å². The molecule has 2 heterocycles. The van der Waals surface area contributed by atoms with Crippen LogP contribution in [0.3, 0.4) is 0 Å². The van der Waals surface area contributed by atoms with Gasteiger partial charge in [0.1, 0.15) is 16.5 Å². The van der Waals surface area contributed by atoms with E-state index >= 15 is 0 Å². The Hall–Kier alpha value is -3.57. The fourth-order valence-electron chi connectivity index (χ4n) is 3.11. The first kappa shape index (κ1) is 16.6. The number of hydrogen-bond donors (Lipinski definition) is 0. The zero-order valence-electron chi connectivity index (χ0n) is 14.7. The summed E-state index contributed by atoms with van der Waals surface area (Å²) in [5.74, 6) is 0.0560. The van der Waals surface area contributed by atoms with Gasteiger partial charge in [-0.15, -0.1) is 11.3 Å². The molecule has 0 N–H and O–H groups in total. The average molecular weight is 382 g/mol. The lowest BCUT2D eigenvalue weighted by Gasteiger charge is -2.08. The minimum Gasteiger partial charge on any atom is -0.423 e. The van der Waals surface area contributed by atoms with E-state index in [4.69, 9.17) is 4.74 Å². The van der Waals surface area contributed by atoms with Crippen molar-refractivity contribution in [1.29, 1.82) is 0 Å². The Labute approximate surface area is 165 Å². The Balaban J connectivity index is 1.51. The van der Waals surface area contributed by atoms with Crippen LogP contribution in [0.2, 0.25) is 0 Å². The lowest BCUT2D eigenvalue weighted by atomic mass is 10.1. The molecule has 4 nitrogen and oxygen atoms in total. The monoisotopic (exact) mass is 382 g/mol. The van der Waals surface area contributed by atoms with Crippen LogP contribution in [0.1, 0.15) is 10.4 Å². The molecular formula is C23H14N2O2S. The highest BCUT2D eigenvalue weighted by Crippen LogP contribution is 2.31. The Morgan fingerprint density at radius 2 is 1.68 bits per heavy atom. The second kappa shape index (κ2) is 6.87. The number of rotatable bonds is 3. The van der Waals surface area contributed by atoms with Crippen molar-refractivity contribution in [3.05, 3.63) is 90.6 Å². The number of esters is 1. The molecule has 0 bridgehead atoms. The van der Waals surface area contributed by atoms with Gasteiger partial charge in [-0.25, -0.2) is 9.78 Å². The highest BCUT2D eigenvalue weighted by molar-refractivity contribution is 7.21. The second-order valence-electron chi connectivity index (χ2n) is 6.28. The third-order valence-corrected chi connectivity index (χ3v) is 5.50. The molecule has 0 spiro atoms. The summed E-state index contributed by atoms with van der Waals surface area (Å²) in [4.78, 5) is 21.9. The largest absolute Gasteiger partial charge is 0.423 e. The molecular weight excluding hydrogens is 368 g/mol. The van der Waals surface area contributed by atoms with Crippen LogP contribution in [0.25, 0.3) is 31.7 Å². The number of carbonyl (C=O) groups is 1. The Morgan fingerprint density at radius 1 is 0.857 bits per heavy atom. The maximum Gasteiger partial charge on any atom is 0.345 e. The van der Waals surface area contributed by atoms with Crippen molar-refractivity contribution in [3.8, 4) is 16.5 Å². The molecule has 3 aromatic carbocycles. The van der Waals surface area contributed by atoms with E-state index < -0.39 is 5.97 Å². The molecule has 5 heteroatoms. The molecule has 0 aliphatic heterocycles. The predicted molar refractivity (Wildman–Crippen MR) is 112 cm³/mol. The molecule has 0 aliphatic rings. The fraction of sp³-hybridized carbons (Fsp3) is 0. The van der Waals surface area contributed by atoms with Gasteiger partial charge < -0.3 is 4.74 Å². The summed E-state index contributed by atoms with van der Waals surface area (Å²) in [6, 6.07) is 24.9. The molecule has 5 rings (SSSR count). The number of ether oxygens (including phenoxy) is 1. The molecule has 0 unspecified atom stereocenters. The van der Waals surface area contributed by atoms with Gasteiger partial charge in [0.05, 0.1) is 15.8 Å². The minimum absolute atomic E-state index is 0.398. The van der Waals surface area contributed by atoms with Gasteiger partial charge in [0.2, 0.25) is 0 Å². The first-order chi connectivity index (χ1) is 13.8. The van der Waals surface area contributed by atoms with Crippen molar-refractivity contribution in [3.63, 3.8) is 0 Å². The molecule has 5 aromatic rings. The van der Waals surface area contributed by atoms with Gasteiger partial charge in [0, 0.05) is 6.20 Å². The molecule has 0 fully saturated rings. The number of hydrogen-bond acceptors (Lipinski definition) is 5. The molecule has 0 saturated heterocycles. The number of fused-ring (bicyclic) bond motifs is 2. The average Bonchev–Trinajstić information content (AvgIpc) is 3.18. The van der Waals surface area contributed by atoms with Crippen molar-refractivity contribution in [2.45, 2.75) is 0 Å². The van der Waals surface area contributed by atoms with Crippen molar-refractivity contribution in [2.75, 3.05) is 0 Å². The number of aromatic nitrogens is 2. The number of nitrogens with zero attached hydrogens (tertiary/aromatic N) is 2. The maximum absolute atomic E-state index is 12.9. The highest BCUT2D eigenvalue weighted by atomic mass is 32.1. The van der Waals surface area contributed by atoms with Crippen LogP contribution < -0.4 is 4.74 Å². The molecule has 134 valence electrons. The summed E-state index contributed by atoms with van der Waals surface area (Å²) in [6.07, 6.45) is 1.66. The summed E-state index contributed by atoms with van der Waals surface area (Å²) in [6.45, 7) is 0. The van der Waals surface area contributed by atoms with Gasteiger partial charge in [-0.1, -0.05) is 42.5 Å². The Kier molecular flexibility index (Phi) is 4.07. The smallest absolute Gasteiger partial charge is 0.345 e. The number of pyridine rings is 1. The molecule has 0 radical (unpaired) electrons. The SMILES string of the molecule is O=C(Oc1ccc2ccccc2c1)c1cccnc1-c1nc2ccccc2s1. The van der Waals surface area contributed by atoms with E-state index in [1.54, 1.807) is 24.4 Å². The lowest BCUT2D eigenvalue weighted by molar-refractivity contribution is 0.0735. The van der Waals surface area contributed by atoms with Crippen LogP contribution in [-0.2, 0) is 0 Å². The number of carbonyl (C=O) groups excluding carboxylic acids is 1. The third-order valence-electron chi connectivity index (χ3n) is 4.46. The topological polar surface area (TPSA) is 52.1 Å². The molecule has 0 amide bonds. The summed E-state index contributed by atoms with van der Waals surface area (Å²) in [5, 5.41) is 2.82. The molecule has 0 atom stereocenters. The number of thiazole rings is 1. The summed E-state index contributed by atoms with van der Waals surface area (Å²) < 4.78 is 6.70. The number of benzene rings is 3.